The lowest BCUT2D eigenvalue weighted by atomic mass is 9.77. The second-order valence-electron chi connectivity index (χ2n) is 6.73. The lowest BCUT2D eigenvalue weighted by Crippen LogP contribution is -2.40. The van der Waals surface area contributed by atoms with Crippen LogP contribution in [0.5, 0.6) is 0 Å². The van der Waals surface area contributed by atoms with Gasteiger partial charge in [-0.05, 0) is 17.5 Å². The molecule has 0 radical (unpaired) electrons. The second-order valence-corrected chi connectivity index (χ2v) is 6.73. The van der Waals surface area contributed by atoms with Crippen molar-refractivity contribution in [3.05, 3.63) is 48.7 Å². The van der Waals surface area contributed by atoms with Crippen LogP contribution in [0.3, 0.4) is 0 Å². The second kappa shape index (κ2) is 5.72. The maximum absolute atomic E-state index is 12.9. The molecule has 1 aliphatic carbocycles. The monoisotopic (exact) mass is 341 g/mol. The van der Waals surface area contributed by atoms with Gasteiger partial charge in [-0.15, -0.1) is 0 Å². The van der Waals surface area contributed by atoms with Crippen LogP contribution in [0.15, 0.2) is 43.0 Å². The van der Waals surface area contributed by atoms with Gasteiger partial charge in [-0.25, -0.2) is 13.8 Å². The third-order valence-electron chi connectivity index (χ3n) is 4.79. The number of imidazole rings is 1. The molecule has 25 heavy (non-hydrogen) atoms. The molecule has 0 N–H and O–H groups in total. The molecular weight excluding hydrogens is 324 g/mol. The number of pyridine rings is 1. The van der Waals surface area contributed by atoms with Crippen LogP contribution >= 0.6 is 0 Å². The van der Waals surface area contributed by atoms with Gasteiger partial charge in [-0.3, -0.25) is 9.78 Å². The molecular formula is C19H17F2N3O. The number of ketones is 1. The highest BCUT2D eigenvalue weighted by Gasteiger charge is 2.48. The maximum Gasteiger partial charge on any atom is 0.249 e. The number of aromatic nitrogens is 3. The number of rotatable bonds is 4. The summed E-state index contributed by atoms with van der Waals surface area (Å²) in [6, 6.07) is 7.87. The summed E-state index contributed by atoms with van der Waals surface area (Å²) in [6.07, 6.45) is 4.70. The Morgan fingerprint density at radius 2 is 2.04 bits per heavy atom. The summed E-state index contributed by atoms with van der Waals surface area (Å²) in [6.45, 7) is 0. The van der Waals surface area contributed by atoms with Gasteiger partial charge in [0.25, 0.3) is 0 Å². The van der Waals surface area contributed by atoms with Gasteiger partial charge in [0, 0.05) is 55.1 Å². The van der Waals surface area contributed by atoms with Crippen LogP contribution in [0.2, 0.25) is 0 Å². The normalized spacial score (nSPS) is 16.8. The zero-order chi connectivity index (χ0) is 17.6. The predicted molar refractivity (Wildman–Crippen MR) is 90.3 cm³/mol. The first-order valence-corrected chi connectivity index (χ1v) is 8.17. The Balaban J connectivity index is 1.59. The molecule has 3 aromatic rings. The molecule has 1 fully saturated rings. The fourth-order valence-electron chi connectivity index (χ4n) is 3.29. The van der Waals surface area contributed by atoms with Crippen molar-refractivity contribution in [2.24, 2.45) is 13.0 Å². The first-order chi connectivity index (χ1) is 11.9. The lowest BCUT2D eigenvalue weighted by molar-refractivity contribution is -0.147. The Bertz CT molecular complexity index is 956. The first kappa shape index (κ1) is 15.9. The average molecular weight is 341 g/mol. The Hall–Kier alpha value is -2.63. The molecule has 0 amide bonds. The van der Waals surface area contributed by atoms with Crippen LogP contribution in [-0.2, 0) is 18.3 Å². The molecule has 4 rings (SSSR count). The maximum atomic E-state index is 12.9. The number of hydrogen-bond acceptors (Lipinski definition) is 3. The minimum atomic E-state index is -2.67. The highest BCUT2D eigenvalue weighted by Crippen LogP contribution is 2.43. The fourth-order valence-corrected chi connectivity index (χ4v) is 3.29. The van der Waals surface area contributed by atoms with E-state index in [9.17, 15) is 13.6 Å². The summed E-state index contributed by atoms with van der Waals surface area (Å²) in [5, 5.41) is 1.94. The number of Topliss-reactive ketones (excluding diaryl/α,β-unsaturated/α-hetero) is 1. The fraction of sp³-hybridized carbons (Fsp3) is 0.316. The van der Waals surface area contributed by atoms with Crippen LogP contribution < -0.4 is 0 Å². The zero-order valence-electron chi connectivity index (χ0n) is 13.7. The van der Waals surface area contributed by atoms with Gasteiger partial charge in [0.1, 0.15) is 5.78 Å². The van der Waals surface area contributed by atoms with Crippen molar-refractivity contribution < 1.29 is 13.6 Å². The Morgan fingerprint density at radius 1 is 1.24 bits per heavy atom. The minimum absolute atomic E-state index is 0.104. The Morgan fingerprint density at radius 3 is 2.72 bits per heavy atom. The molecule has 1 aromatic carbocycles. The molecule has 0 saturated heterocycles. The summed E-state index contributed by atoms with van der Waals surface area (Å²) in [5.41, 5.74) is 2.64. The predicted octanol–water partition coefficient (Wildman–Crippen LogP) is 3.79. The van der Waals surface area contributed by atoms with Crippen LogP contribution in [0.4, 0.5) is 8.78 Å². The molecule has 0 unspecified atom stereocenters. The van der Waals surface area contributed by atoms with Gasteiger partial charge in [-0.1, -0.05) is 12.1 Å². The van der Waals surface area contributed by atoms with E-state index in [-0.39, 0.29) is 25.0 Å². The SMILES string of the molecule is Cn1cncc1-c1ccc2cnc(CC(=O)C3CC(F)(F)C3)cc2c1. The van der Waals surface area contributed by atoms with E-state index < -0.39 is 11.8 Å². The van der Waals surface area contributed by atoms with Crippen molar-refractivity contribution in [3.8, 4) is 11.3 Å². The molecule has 4 nitrogen and oxygen atoms in total. The zero-order valence-corrected chi connectivity index (χ0v) is 13.7. The number of aryl methyl sites for hydroxylation is 1. The first-order valence-electron chi connectivity index (χ1n) is 8.17. The van der Waals surface area contributed by atoms with Gasteiger partial charge in [0.05, 0.1) is 18.2 Å². The highest BCUT2D eigenvalue weighted by molar-refractivity contribution is 5.88. The van der Waals surface area contributed by atoms with Gasteiger partial charge < -0.3 is 4.57 Å². The van der Waals surface area contributed by atoms with Crippen LogP contribution in [0.1, 0.15) is 18.5 Å². The number of carbonyl (C=O) groups excluding carboxylic acids is 1. The molecule has 1 aliphatic rings. The standard InChI is InChI=1S/C19H17F2N3O/c1-24-11-22-10-17(24)12-2-3-13-9-23-16(5-14(13)4-12)6-18(25)15-7-19(20,21)8-15/h2-5,9-11,15H,6-8H2,1H3. The summed E-state index contributed by atoms with van der Waals surface area (Å²) in [4.78, 5) is 20.6. The quantitative estimate of drug-likeness (QED) is 0.725. The van der Waals surface area contributed by atoms with E-state index in [1.54, 1.807) is 18.7 Å². The molecule has 2 heterocycles. The highest BCUT2D eigenvalue weighted by atomic mass is 19.3. The third kappa shape index (κ3) is 3.04. The van der Waals surface area contributed by atoms with Crippen molar-refractivity contribution in [2.45, 2.75) is 25.2 Å². The van der Waals surface area contributed by atoms with Crippen molar-refractivity contribution in [3.63, 3.8) is 0 Å². The summed E-state index contributed by atoms with van der Waals surface area (Å²) in [7, 11) is 1.93. The number of hydrogen-bond donors (Lipinski definition) is 0. The van der Waals surface area contributed by atoms with E-state index in [1.807, 2.05) is 35.9 Å². The van der Waals surface area contributed by atoms with E-state index in [2.05, 4.69) is 9.97 Å². The number of fused-ring (bicyclic) bond motifs is 1. The average Bonchev–Trinajstić information content (AvgIpc) is 2.98. The topological polar surface area (TPSA) is 47.8 Å². The molecule has 0 bridgehead atoms. The largest absolute Gasteiger partial charge is 0.334 e. The molecule has 0 aliphatic heterocycles. The van der Waals surface area contributed by atoms with E-state index in [4.69, 9.17) is 0 Å². The van der Waals surface area contributed by atoms with Gasteiger partial charge >= 0.3 is 0 Å². The molecule has 1 saturated carbocycles. The number of alkyl halides is 2. The number of nitrogens with zero attached hydrogens (tertiary/aromatic N) is 3. The summed E-state index contributed by atoms with van der Waals surface area (Å²) in [5.74, 6) is -3.36. The Labute approximate surface area is 143 Å². The van der Waals surface area contributed by atoms with Crippen LogP contribution in [0.25, 0.3) is 22.0 Å². The van der Waals surface area contributed by atoms with Gasteiger partial charge in [-0.2, -0.15) is 0 Å². The number of halogens is 2. The van der Waals surface area contributed by atoms with Crippen molar-refractivity contribution in [2.75, 3.05) is 0 Å². The van der Waals surface area contributed by atoms with E-state index in [1.165, 1.54) is 0 Å². The van der Waals surface area contributed by atoms with Crippen LogP contribution in [0, 0.1) is 5.92 Å². The minimum Gasteiger partial charge on any atom is -0.334 e. The smallest absolute Gasteiger partial charge is 0.249 e. The van der Waals surface area contributed by atoms with Crippen molar-refractivity contribution >= 4 is 16.6 Å². The number of benzene rings is 1. The van der Waals surface area contributed by atoms with Gasteiger partial charge in [0.2, 0.25) is 5.92 Å². The molecule has 2 aromatic heterocycles. The van der Waals surface area contributed by atoms with E-state index >= 15 is 0 Å². The summed E-state index contributed by atoms with van der Waals surface area (Å²) < 4.78 is 27.8. The van der Waals surface area contributed by atoms with Gasteiger partial charge in [0.15, 0.2) is 0 Å². The summed E-state index contributed by atoms with van der Waals surface area (Å²) >= 11 is 0. The molecule has 128 valence electrons. The van der Waals surface area contributed by atoms with Crippen LogP contribution in [-0.4, -0.2) is 26.2 Å². The van der Waals surface area contributed by atoms with Crippen molar-refractivity contribution in [1.29, 1.82) is 0 Å². The lowest BCUT2D eigenvalue weighted by Gasteiger charge is -2.33. The Kier molecular flexibility index (Phi) is 3.63. The third-order valence-corrected chi connectivity index (χ3v) is 4.79. The van der Waals surface area contributed by atoms with E-state index in [0.29, 0.717) is 5.69 Å². The van der Waals surface area contributed by atoms with Crippen molar-refractivity contribution in [1.82, 2.24) is 14.5 Å². The molecule has 0 atom stereocenters. The molecule has 0 spiro atoms. The molecule has 6 heteroatoms. The van der Waals surface area contributed by atoms with E-state index in [0.717, 1.165) is 22.0 Å². The number of carbonyl (C=O) groups is 1.